The summed E-state index contributed by atoms with van der Waals surface area (Å²) < 4.78 is 0. The van der Waals surface area contributed by atoms with Gasteiger partial charge in [0.2, 0.25) is 0 Å². The van der Waals surface area contributed by atoms with Crippen LogP contribution in [0, 0.1) is 17.8 Å². The van der Waals surface area contributed by atoms with Crippen molar-refractivity contribution in [2.24, 2.45) is 23.5 Å². The van der Waals surface area contributed by atoms with E-state index in [9.17, 15) is 0 Å². The summed E-state index contributed by atoms with van der Waals surface area (Å²) in [7, 11) is 0. The van der Waals surface area contributed by atoms with Crippen molar-refractivity contribution in [3.05, 3.63) is 22.4 Å². The molecule has 1 aliphatic carbocycles. The average Bonchev–Trinajstić information content (AvgIpc) is 2.85. The highest BCUT2D eigenvalue weighted by atomic mass is 32.1. The van der Waals surface area contributed by atoms with Crippen LogP contribution in [0.3, 0.4) is 0 Å². The highest BCUT2D eigenvalue weighted by Gasteiger charge is 2.27. The van der Waals surface area contributed by atoms with Crippen LogP contribution in [0.5, 0.6) is 0 Å². The Bertz CT molecular complexity index is 333. The topological polar surface area (TPSA) is 26.0 Å². The number of rotatable bonds is 5. The van der Waals surface area contributed by atoms with Gasteiger partial charge >= 0.3 is 0 Å². The van der Waals surface area contributed by atoms with Gasteiger partial charge in [-0.05, 0) is 61.3 Å². The average molecular weight is 265 g/mol. The van der Waals surface area contributed by atoms with Gasteiger partial charge in [-0.2, -0.15) is 0 Å². The fraction of sp³-hybridized carbons (Fsp3) is 0.750. The highest BCUT2D eigenvalue weighted by Crippen LogP contribution is 2.35. The summed E-state index contributed by atoms with van der Waals surface area (Å²) in [5.41, 5.74) is 6.40. The summed E-state index contributed by atoms with van der Waals surface area (Å²) in [6.45, 7) is 4.79. The Labute approximate surface area is 116 Å². The Balaban J connectivity index is 1.69. The van der Waals surface area contributed by atoms with E-state index in [1.54, 1.807) is 0 Å². The van der Waals surface area contributed by atoms with E-state index < -0.39 is 0 Å². The molecule has 1 heterocycles. The Morgan fingerprint density at radius 3 is 2.83 bits per heavy atom. The molecule has 1 aromatic rings. The molecule has 0 amide bonds. The van der Waals surface area contributed by atoms with Crippen LogP contribution in [-0.4, -0.2) is 6.04 Å². The first-order chi connectivity index (χ1) is 8.66. The van der Waals surface area contributed by atoms with Crippen LogP contribution in [0.1, 0.15) is 50.8 Å². The predicted octanol–water partition coefficient (Wildman–Crippen LogP) is 4.47. The molecular weight excluding hydrogens is 238 g/mol. The van der Waals surface area contributed by atoms with Crippen LogP contribution in [0.25, 0.3) is 0 Å². The second-order valence-electron chi connectivity index (χ2n) is 6.16. The molecule has 0 aromatic carbocycles. The number of nitrogens with two attached hydrogens (primary N) is 1. The van der Waals surface area contributed by atoms with Gasteiger partial charge in [0.1, 0.15) is 0 Å². The van der Waals surface area contributed by atoms with Gasteiger partial charge in [-0.3, -0.25) is 0 Å². The van der Waals surface area contributed by atoms with E-state index in [2.05, 4.69) is 31.4 Å². The minimum atomic E-state index is 0.430. The first kappa shape index (κ1) is 14.1. The normalized spacial score (nSPS) is 30.3. The molecule has 18 heavy (non-hydrogen) atoms. The lowest BCUT2D eigenvalue weighted by Crippen LogP contribution is -2.35. The lowest BCUT2D eigenvalue weighted by molar-refractivity contribution is 0.181. The van der Waals surface area contributed by atoms with Gasteiger partial charge in [0, 0.05) is 10.9 Å². The molecule has 102 valence electrons. The molecule has 4 unspecified atom stereocenters. The zero-order valence-electron chi connectivity index (χ0n) is 11.8. The SMILES string of the molecule is CC1CCC(C(N)CCCc2cccs2)CC1C. The maximum atomic E-state index is 6.40. The van der Waals surface area contributed by atoms with E-state index in [0.29, 0.717) is 6.04 Å². The minimum absolute atomic E-state index is 0.430. The van der Waals surface area contributed by atoms with E-state index in [-0.39, 0.29) is 0 Å². The third kappa shape index (κ3) is 3.83. The Morgan fingerprint density at radius 2 is 2.17 bits per heavy atom. The van der Waals surface area contributed by atoms with Crippen LogP contribution in [0.2, 0.25) is 0 Å². The summed E-state index contributed by atoms with van der Waals surface area (Å²) in [5, 5.41) is 2.17. The van der Waals surface area contributed by atoms with Gasteiger partial charge in [-0.1, -0.05) is 26.3 Å². The van der Waals surface area contributed by atoms with Crippen molar-refractivity contribution in [1.29, 1.82) is 0 Å². The van der Waals surface area contributed by atoms with E-state index >= 15 is 0 Å². The monoisotopic (exact) mass is 265 g/mol. The van der Waals surface area contributed by atoms with Gasteiger partial charge in [-0.15, -0.1) is 11.3 Å². The molecule has 2 heteroatoms. The summed E-state index contributed by atoms with van der Waals surface area (Å²) >= 11 is 1.87. The Kier molecular flexibility index (Phi) is 5.25. The molecule has 2 rings (SSSR count). The predicted molar refractivity (Wildman–Crippen MR) is 80.9 cm³/mol. The molecule has 0 bridgehead atoms. The maximum Gasteiger partial charge on any atom is 0.00673 e. The van der Waals surface area contributed by atoms with Crippen molar-refractivity contribution in [2.75, 3.05) is 0 Å². The fourth-order valence-corrected chi connectivity index (χ4v) is 3.93. The van der Waals surface area contributed by atoms with Crippen molar-refractivity contribution in [2.45, 2.75) is 58.4 Å². The van der Waals surface area contributed by atoms with Crippen molar-refractivity contribution >= 4 is 11.3 Å². The number of hydrogen-bond acceptors (Lipinski definition) is 2. The summed E-state index contributed by atoms with van der Waals surface area (Å²) in [6.07, 6.45) is 7.74. The molecule has 2 N–H and O–H groups in total. The zero-order chi connectivity index (χ0) is 13.0. The van der Waals surface area contributed by atoms with Crippen molar-refractivity contribution in [1.82, 2.24) is 0 Å². The van der Waals surface area contributed by atoms with E-state index in [1.165, 1.54) is 43.4 Å². The molecule has 1 aromatic heterocycles. The smallest absolute Gasteiger partial charge is 0.00673 e. The van der Waals surface area contributed by atoms with Crippen LogP contribution in [0.4, 0.5) is 0 Å². The standard InChI is InChI=1S/C16H27NS/c1-12-8-9-14(11-13(12)2)16(17)7-3-5-15-6-4-10-18-15/h4,6,10,12-14,16H,3,5,7-9,11,17H2,1-2H3. The van der Waals surface area contributed by atoms with Crippen molar-refractivity contribution < 1.29 is 0 Å². The molecule has 0 aliphatic heterocycles. The maximum absolute atomic E-state index is 6.40. The third-order valence-corrected chi connectivity index (χ3v) is 5.72. The molecule has 0 radical (unpaired) electrons. The first-order valence-corrected chi connectivity index (χ1v) is 8.32. The molecule has 1 aliphatic rings. The van der Waals surface area contributed by atoms with Crippen LogP contribution in [0.15, 0.2) is 17.5 Å². The third-order valence-electron chi connectivity index (χ3n) is 4.78. The quantitative estimate of drug-likeness (QED) is 0.835. The van der Waals surface area contributed by atoms with E-state index in [1.807, 2.05) is 11.3 Å². The van der Waals surface area contributed by atoms with Crippen LogP contribution < -0.4 is 5.73 Å². The lowest BCUT2D eigenvalue weighted by Gasteiger charge is -2.35. The number of aryl methyl sites for hydroxylation is 1. The van der Waals surface area contributed by atoms with E-state index in [4.69, 9.17) is 5.73 Å². The number of thiophene rings is 1. The van der Waals surface area contributed by atoms with Gasteiger partial charge in [-0.25, -0.2) is 0 Å². The molecule has 0 saturated heterocycles. The molecule has 1 saturated carbocycles. The second-order valence-corrected chi connectivity index (χ2v) is 7.20. The van der Waals surface area contributed by atoms with Crippen molar-refractivity contribution in [3.63, 3.8) is 0 Å². The fourth-order valence-electron chi connectivity index (χ4n) is 3.18. The Morgan fingerprint density at radius 1 is 1.33 bits per heavy atom. The van der Waals surface area contributed by atoms with E-state index in [0.717, 1.165) is 17.8 Å². The van der Waals surface area contributed by atoms with Gasteiger partial charge in [0.25, 0.3) is 0 Å². The summed E-state index contributed by atoms with van der Waals surface area (Å²) in [6, 6.07) is 4.81. The van der Waals surface area contributed by atoms with Crippen LogP contribution in [-0.2, 0) is 6.42 Å². The minimum Gasteiger partial charge on any atom is -0.327 e. The molecule has 4 atom stereocenters. The first-order valence-electron chi connectivity index (χ1n) is 7.44. The molecule has 1 nitrogen and oxygen atoms in total. The highest BCUT2D eigenvalue weighted by molar-refractivity contribution is 7.09. The number of hydrogen-bond donors (Lipinski definition) is 1. The van der Waals surface area contributed by atoms with Gasteiger partial charge in [0.15, 0.2) is 0 Å². The summed E-state index contributed by atoms with van der Waals surface area (Å²) in [5.74, 6) is 2.55. The molecular formula is C16H27NS. The van der Waals surface area contributed by atoms with Crippen molar-refractivity contribution in [3.8, 4) is 0 Å². The van der Waals surface area contributed by atoms with Crippen LogP contribution >= 0.6 is 11.3 Å². The van der Waals surface area contributed by atoms with Gasteiger partial charge < -0.3 is 5.73 Å². The second kappa shape index (κ2) is 6.72. The lowest BCUT2D eigenvalue weighted by atomic mass is 9.72. The Hall–Kier alpha value is -0.340. The largest absolute Gasteiger partial charge is 0.327 e. The van der Waals surface area contributed by atoms with Gasteiger partial charge in [0.05, 0.1) is 0 Å². The summed E-state index contributed by atoms with van der Waals surface area (Å²) in [4.78, 5) is 1.51. The zero-order valence-corrected chi connectivity index (χ0v) is 12.6. The molecule has 0 spiro atoms. The molecule has 1 fully saturated rings.